The lowest BCUT2D eigenvalue weighted by Crippen LogP contribution is -2.03. The van der Waals surface area contributed by atoms with E-state index >= 15 is 0 Å². The van der Waals surface area contributed by atoms with E-state index in [0.29, 0.717) is 0 Å². The molecule has 0 bridgehead atoms. The van der Waals surface area contributed by atoms with Gasteiger partial charge in [0.2, 0.25) is 6.79 Å². The highest BCUT2D eigenvalue weighted by Gasteiger charge is 2.20. The molecule has 3 heteroatoms. The second-order valence-corrected chi connectivity index (χ2v) is 5.62. The van der Waals surface area contributed by atoms with Crippen LogP contribution in [0, 0.1) is 0 Å². The molecule has 0 unspecified atom stereocenters. The van der Waals surface area contributed by atoms with Crippen LogP contribution in [0.25, 0.3) is 6.08 Å². The zero-order valence-corrected chi connectivity index (χ0v) is 12.2. The predicted octanol–water partition coefficient (Wildman–Crippen LogP) is 4.02. The van der Waals surface area contributed by atoms with E-state index in [1.165, 1.54) is 0 Å². The zero-order chi connectivity index (χ0) is 14.9. The van der Waals surface area contributed by atoms with Gasteiger partial charge in [-0.2, -0.15) is 0 Å². The molecule has 0 atom stereocenters. The minimum absolute atomic E-state index is 0.144. The topological polar surface area (TPSA) is 35.5 Å². The summed E-state index contributed by atoms with van der Waals surface area (Å²) < 4.78 is 10.7. The number of hydrogen-bond donors (Lipinski definition) is 0. The van der Waals surface area contributed by atoms with Crippen molar-refractivity contribution in [1.29, 1.82) is 0 Å². The van der Waals surface area contributed by atoms with Gasteiger partial charge in [-0.25, -0.2) is 0 Å². The molecule has 0 fully saturated rings. The van der Waals surface area contributed by atoms with E-state index in [0.717, 1.165) is 53.0 Å². The predicted molar refractivity (Wildman–Crippen MR) is 84.3 cm³/mol. The summed E-state index contributed by atoms with van der Waals surface area (Å²) >= 11 is 0. The Morgan fingerprint density at radius 3 is 2.77 bits per heavy atom. The molecule has 0 amide bonds. The van der Waals surface area contributed by atoms with Gasteiger partial charge in [0.05, 0.1) is 0 Å². The Labute approximate surface area is 129 Å². The van der Waals surface area contributed by atoms with Crippen molar-refractivity contribution in [2.45, 2.75) is 19.3 Å². The first kappa shape index (κ1) is 13.1. The van der Waals surface area contributed by atoms with E-state index in [9.17, 15) is 4.79 Å². The summed E-state index contributed by atoms with van der Waals surface area (Å²) in [6.07, 6.45) is 4.74. The number of fused-ring (bicyclic) bond motifs is 2. The Morgan fingerprint density at radius 2 is 1.82 bits per heavy atom. The average molecular weight is 292 g/mol. The van der Waals surface area contributed by atoms with Crippen molar-refractivity contribution < 1.29 is 14.3 Å². The number of ketones is 1. The van der Waals surface area contributed by atoms with Crippen LogP contribution in [0.3, 0.4) is 0 Å². The number of rotatable bonds is 1. The van der Waals surface area contributed by atoms with Gasteiger partial charge in [0, 0.05) is 11.1 Å². The van der Waals surface area contributed by atoms with Gasteiger partial charge in [-0.05, 0) is 48.6 Å². The third kappa shape index (κ3) is 2.29. The fraction of sp³-hybridized carbons (Fsp3) is 0.211. The number of hydrogen-bond acceptors (Lipinski definition) is 3. The highest BCUT2D eigenvalue weighted by molar-refractivity contribution is 6.12. The van der Waals surface area contributed by atoms with Crippen molar-refractivity contribution in [2.75, 3.05) is 6.79 Å². The number of benzene rings is 2. The quantitative estimate of drug-likeness (QED) is 0.588. The summed E-state index contributed by atoms with van der Waals surface area (Å²) in [5.41, 5.74) is 3.84. The van der Waals surface area contributed by atoms with Crippen LogP contribution in [-0.4, -0.2) is 12.6 Å². The molecule has 0 aromatic heterocycles. The van der Waals surface area contributed by atoms with E-state index in [1.54, 1.807) is 0 Å². The molecule has 3 nitrogen and oxygen atoms in total. The molecule has 4 rings (SSSR count). The summed E-state index contributed by atoms with van der Waals surface area (Å²) in [5, 5.41) is 0. The van der Waals surface area contributed by atoms with Gasteiger partial charge in [0.15, 0.2) is 17.3 Å². The van der Waals surface area contributed by atoms with Crippen LogP contribution >= 0.6 is 0 Å². The lowest BCUT2D eigenvalue weighted by atomic mass is 9.98. The van der Waals surface area contributed by atoms with Crippen molar-refractivity contribution in [3.05, 3.63) is 64.7 Å². The Morgan fingerprint density at radius 1 is 0.955 bits per heavy atom. The first-order valence-electron chi connectivity index (χ1n) is 7.54. The molecular weight excluding hydrogens is 276 g/mol. The summed E-state index contributed by atoms with van der Waals surface area (Å²) in [7, 11) is 0. The minimum Gasteiger partial charge on any atom is -0.454 e. The van der Waals surface area contributed by atoms with Crippen molar-refractivity contribution in [3.63, 3.8) is 0 Å². The van der Waals surface area contributed by atoms with Crippen LogP contribution < -0.4 is 9.47 Å². The lowest BCUT2D eigenvalue weighted by molar-refractivity contribution is 0.103. The molecule has 1 heterocycles. The van der Waals surface area contributed by atoms with Gasteiger partial charge >= 0.3 is 0 Å². The molecule has 2 aromatic rings. The third-order valence-electron chi connectivity index (χ3n) is 4.18. The highest BCUT2D eigenvalue weighted by atomic mass is 16.7. The Hall–Kier alpha value is -2.55. The fourth-order valence-corrected chi connectivity index (χ4v) is 3.06. The van der Waals surface area contributed by atoms with E-state index < -0.39 is 0 Å². The minimum atomic E-state index is 0.144. The van der Waals surface area contributed by atoms with Gasteiger partial charge < -0.3 is 9.47 Å². The molecule has 110 valence electrons. The van der Waals surface area contributed by atoms with Crippen LogP contribution in [0.1, 0.15) is 34.3 Å². The van der Waals surface area contributed by atoms with E-state index in [1.807, 2.05) is 42.5 Å². The van der Waals surface area contributed by atoms with Crippen molar-refractivity contribution in [2.24, 2.45) is 0 Å². The van der Waals surface area contributed by atoms with Gasteiger partial charge in [-0.1, -0.05) is 30.3 Å². The lowest BCUT2D eigenvalue weighted by Gasteiger charge is -2.05. The van der Waals surface area contributed by atoms with Gasteiger partial charge in [0.1, 0.15) is 0 Å². The Balaban J connectivity index is 1.71. The largest absolute Gasteiger partial charge is 0.454 e. The SMILES string of the molecule is O=C1/C(=C/c2ccc3c(c2)OCO3)CCCc2ccccc21. The molecule has 2 aliphatic rings. The molecule has 0 spiro atoms. The number of ether oxygens (including phenoxy) is 2. The maximum atomic E-state index is 12.8. The summed E-state index contributed by atoms with van der Waals surface area (Å²) in [6.45, 7) is 0.266. The number of aryl methyl sites for hydroxylation is 1. The maximum absolute atomic E-state index is 12.8. The molecule has 0 saturated heterocycles. The van der Waals surface area contributed by atoms with Crippen LogP contribution in [0.2, 0.25) is 0 Å². The first-order valence-corrected chi connectivity index (χ1v) is 7.54. The highest BCUT2D eigenvalue weighted by Crippen LogP contribution is 2.34. The number of carbonyl (C=O) groups excluding carboxylic acids is 1. The van der Waals surface area contributed by atoms with Crippen LogP contribution in [0.15, 0.2) is 48.0 Å². The fourth-order valence-electron chi connectivity index (χ4n) is 3.06. The monoisotopic (exact) mass is 292 g/mol. The standard InChI is InChI=1S/C19H16O3/c20-19-15(6-3-5-14-4-1-2-7-16(14)19)10-13-8-9-17-18(11-13)22-12-21-17/h1-2,4,7-11H,3,5-6,12H2/b15-10+. The smallest absolute Gasteiger partial charge is 0.231 e. The van der Waals surface area contributed by atoms with Crippen LogP contribution in [0.5, 0.6) is 11.5 Å². The van der Waals surface area contributed by atoms with Crippen molar-refractivity contribution in [1.82, 2.24) is 0 Å². The van der Waals surface area contributed by atoms with Gasteiger partial charge in [-0.3, -0.25) is 4.79 Å². The Bertz CT molecular complexity index is 774. The summed E-state index contributed by atoms with van der Waals surface area (Å²) in [4.78, 5) is 12.8. The van der Waals surface area contributed by atoms with Crippen LogP contribution in [0.4, 0.5) is 0 Å². The maximum Gasteiger partial charge on any atom is 0.231 e. The van der Waals surface area contributed by atoms with E-state index in [-0.39, 0.29) is 12.6 Å². The second-order valence-electron chi connectivity index (χ2n) is 5.62. The van der Waals surface area contributed by atoms with Crippen LogP contribution in [-0.2, 0) is 6.42 Å². The molecule has 22 heavy (non-hydrogen) atoms. The molecule has 1 aliphatic heterocycles. The second kappa shape index (κ2) is 5.34. The first-order chi connectivity index (χ1) is 10.8. The molecular formula is C19H16O3. The molecule has 0 saturated carbocycles. The summed E-state index contributed by atoms with van der Waals surface area (Å²) in [6, 6.07) is 13.7. The number of Topliss-reactive ketones (excluding diaryl/α,β-unsaturated/α-hetero) is 1. The molecule has 2 aromatic carbocycles. The zero-order valence-electron chi connectivity index (χ0n) is 12.2. The average Bonchev–Trinajstić information content (AvgIpc) is 2.95. The molecule has 0 N–H and O–H groups in total. The van der Waals surface area contributed by atoms with E-state index in [2.05, 4.69) is 6.07 Å². The van der Waals surface area contributed by atoms with Gasteiger partial charge in [0.25, 0.3) is 0 Å². The van der Waals surface area contributed by atoms with Gasteiger partial charge in [-0.15, -0.1) is 0 Å². The molecule has 0 radical (unpaired) electrons. The van der Waals surface area contributed by atoms with Crippen molar-refractivity contribution >= 4 is 11.9 Å². The summed E-state index contributed by atoms with van der Waals surface area (Å²) in [5.74, 6) is 1.65. The van der Waals surface area contributed by atoms with E-state index in [4.69, 9.17) is 9.47 Å². The Kier molecular flexibility index (Phi) is 3.19. The molecule has 1 aliphatic carbocycles. The number of carbonyl (C=O) groups is 1. The van der Waals surface area contributed by atoms with Crippen molar-refractivity contribution in [3.8, 4) is 11.5 Å². The number of allylic oxidation sites excluding steroid dienone is 1. The normalized spacial score (nSPS) is 18.2. The third-order valence-corrected chi connectivity index (χ3v) is 4.18.